The van der Waals surface area contributed by atoms with Crippen molar-refractivity contribution in [3.8, 4) is 0 Å². The molecule has 0 bridgehead atoms. The van der Waals surface area contributed by atoms with Crippen LogP contribution in [0.1, 0.15) is 32.8 Å². The van der Waals surface area contributed by atoms with Crippen LogP contribution in [0.15, 0.2) is 18.5 Å². The Hall–Kier alpha value is -1.13. The Morgan fingerprint density at radius 1 is 1.35 bits per heavy atom. The van der Waals surface area contributed by atoms with E-state index in [-0.39, 0.29) is 5.54 Å². The normalized spacial score (nSPS) is 19.3. The van der Waals surface area contributed by atoms with Gasteiger partial charge in [0.15, 0.2) is 0 Å². The number of hydrogen-bond acceptors (Lipinski definition) is 4. The van der Waals surface area contributed by atoms with Gasteiger partial charge in [-0.15, -0.1) is 0 Å². The molecule has 2 heterocycles. The van der Waals surface area contributed by atoms with Crippen molar-refractivity contribution in [2.75, 3.05) is 38.1 Å². The minimum Gasteiger partial charge on any atom is -0.368 e. The smallest absolute Gasteiger partial charge is 0.0443 e. The highest BCUT2D eigenvalue weighted by Crippen LogP contribution is 2.26. The SMILES string of the molecule is CCCNCc1cnccc1N1CCN(C)C(C)(C)C1. The molecule has 112 valence electrons. The first kappa shape index (κ1) is 15.3. The summed E-state index contributed by atoms with van der Waals surface area (Å²) in [4.78, 5) is 9.24. The quantitative estimate of drug-likeness (QED) is 0.835. The van der Waals surface area contributed by atoms with Gasteiger partial charge in [0.05, 0.1) is 0 Å². The lowest BCUT2D eigenvalue weighted by atomic mass is 9.99. The van der Waals surface area contributed by atoms with E-state index in [0.29, 0.717) is 0 Å². The zero-order valence-electron chi connectivity index (χ0n) is 13.3. The van der Waals surface area contributed by atoms with Crippen LogP contribution < -0.4 is 10.2 Å². The van der Waals surface area contributed by atoms with Gasteiger partial charge < -0.3 is 10.2 Å². The van der Waals surface area contributed by atoms with Gasteiger partial charge in [-0.1, -0.05) is 6.92 Å². The summed E-state index contributed by atoms with van der Waals surface area (Å²) < 4.78 is 0. The molecule has 1 fully saturated rings. The van der Waals surface area contributed by atoms with Gasteiger partial charge in [-0.05, 0) is 39.9 Å². The maximum Gasteiger partial charge on any atom is 0.0443 e. The zero-order chi connectivity index (χ0) is 14.6. The van der Waals surface area contributed by atoms with E-state index in [2.05, 4.69) is 54.0 Å². The lowest BCUT2D eigenvalue weighted by Crippen LogP contribution is -2.57. The number of hydrogen-bond donors (Lipinski definition) is 1. The highest BCUT2D eigenvalue weighted by atomic mass is 15.3. The average Bonchev–Trinajstić information content (AvgIpc) is 2.43. The lowest BCUT2D eigenvalue weighted by Gasteiger charge is -2.46. The largest absolute Gasteiger partial charge is 0.368 e. The van der Waals surface area contributed by atoms with Crippen LogP contribution in [-0.2, 0) is 6.54 Å². The van der Waals surface area contributed by atoms with Gasteiger partial charge in [-0.3, -0.25) is 9.88 Å². The molecule has 0 radical (unpaired) electrons. The Labute approximate surface area is 123 Å². The van der Waals surface area contributed by atoms with Crippen LogP contribution in [0.2, 0.25) is 0 Å². The third-order valence-electron chi connectivity index (χ3n) is 4.28. The number of nitrogens with zero attached hydrogens (tertiary/aromatic N) is 3. The predicted molar refractivity (Wildman–Crippen MR) is 85.2 cm³/mol. The highest BCUT2D eigenvalue weighted by Gasteiger charge is 2.31. The van der Waals surface area contributed by atoms with Crippen molar-refractivity contribution in [3.63, 3.8) is 0 Å². The van der Waals surface area contributed by atoms with Crippen molar-refractivity contribution in [1.29, 1.82) is 0 Å². The van der Waals surface area contributed by atoms with Crippen molar-refractivity contribution in [2.45, 2.75) is 39.3 Å². The van der Waals surface area contributed by atoms with Gasteiger partial charge in [0, 0.05) is 55.4 Å². The second-order valence-electron chi connectivity index (χ2n) is 6.34. The number of aromatic nitrogens is 1. The molecular formula is C16H28N4. The number of pyridine rings is 1. The summed E-state index contributed by atoms with van der Waals surface area (Å²) in [6.45, 7) is 12.0. The summed E-state index contributed by atoms with van der Waals surface area (Å²) in [6, 6.07) is 2.16. The van der Waals surface area contributed by atoms with E-state index in [1.54, 1.807) is 0 Å². The molecule has 1 aromatic rings. The van der Waals surface area contributed by atoms with Crippen LogP contribution in [0.4, 0.5) is 5.69 Å². The van der Waals surface area contributed by atoms with E-state index in [0.717, 1.165) is 39.1 Å². The summed E-state index contributed by atoms with van der Waals surface area (Å²) in [7, 11) is 2.22. The van der Waals surface area contributed by atoms with Gasteiger partial charge in [0.25, 0.3) is 0 Å². The Bertz CT molecular complexity index is 430. The lowest BCUT2D eigenvalue weighted by molar-refractivity contribution is 0.139. The topological polar surface area (TPSA) is 31.4 Å². The van der Waals surface area contributed by atoms with Crippen LogP contribution in [0.25, 0.3) is 0 Å². The maximum absolute atomic E-state index is 4.29. The number of piperazine rings is 1. The highest BCUT2D eigenvalue weighted by molar-refractivity contribution is 5.53. The number of nitrogens with one attached hydrogen (secondary N) is 1. The van der Waals surface area contributed by atoms with E-state index < -0.39 is 0 Å². The van der Waals surface area contributed by atoms with Gasteiger partial charge in [0.1, 0.15) is 0 Å². The van der Waals surface area contributed by atoms with Crippen LogP contribution in [0.3, 0.4) is 0 Å². The molecule has 2 rings (SSSR count). The van der Waals surface area contributed by atoms with E-state index in [1.807, 2.05) is 12.4 Å². The minimum absolute atomic E-state index is 0.218. The number of anilines is 1. The Morgan fingerprint density at radius 2 is 2.15 bits per heavy atom. The Morgan fingerprint density at radius 3 is 2.85 bits per heavy atom. The van der Waals surface area contributed by atoms with Crippen molar-refractivity contribution in [3.05, 3.63) is 24.0 Å². The van der Waals surface area contributed by atoms with E-state index >= 15 is 0 Å². The molecule has 0 spiro atoms. The monoisotopic (exact) mass is 276 g/mol. The van der Waals surface area contributed by atoms with Crippen molar-refractivity contribution in [2.24, 2.45) is 0 Å². The van der Waals surface area contributed by atoms with E-state index in [1.165, 1.54) is 11.3 Å². The molecule has 0 unspecified atom stereocenters. The molecule has 1 aliphatic heterocycles. The summed E-state index contributed by atoms with van der Waals surface area (Å²) >= 11 is 0. The molecule has 0 aromatic carbocycles. The number of likely N-dealkylation sites (N-methyl/N-ethyl adjacent to an activating group) is 1. The molecule has 0 amide bonds. The molecule has 4 heteroatoms. The summed E-state index contributed by atoms with van der Waals surface area (Å²) in [6.07, 6.45) is 5.07. The summed E-state index contributed by atoms with van der Waals surface area (Å²) in [5.74, 6) is 0. The van der Waals surface area contributed by atoms with Gasteiger partial charge in [-0.25, -0.2) is 0 Å². The standard InChI is InChI=1S/C16H28N4/c1-5-7-17-11-14-12-18-8-6-15(14)20-10-9-19(4)16(2,3)13-20/h6,8,12,17H,5,7,9-11,13H2,1-4H3. The number of rotatable bonds is 5. The third kappa shape index (κ3) is 3.49. The van der Waals surface area contributed by atoms with E-state index in [9.17, 15) is 0 Å². The van der Waals surface area contributed by atoms with Crippen LogP contribution >= 0.6 is 0 Å². The first-order chi connectivity index (χ1) is 9.54. The van der Waals surface area contributed by atoms with Crippen molar-refractivity contribution < 1.29 is 0 Å². The van der Waals surface area contributed by atoms with Crippen LogP contribution in [-0.4, -0.2) is 48.6 Å². The fourth-order valence-corrected chi connectivity index (χ4v) is 2.71. The molecule has 1 saturated heterocycles. The molecule has 1 aliphatic rings. The molecule has 0 atom stereocenters. The molecule has 0 aliphatic carbocycles. The minimum atomic E-state index is 0.218. The average molecular weight is 276 g/mol. The van der Waals surface area contributed by atoms with Crippen LogP contribution in [0, 0.1) is 0 Å². The Balaban J connectivity index is 2.12. The van der Waals surface area contributed by atoms with E-state index in [4.69, 9.17) is 0 Å². The van der Waals surface area contributed by atoms with Crippen molar-refractivity contribution >= 4 is 5.69 Å². The fourth-order valence-electron chi connectivity index (χ4n) is 2.71. The molecule has 4 nitrogen and oxygen atoms in total. The third-order valence-corrected chi connectivity index (χ3v) is 4.28. The molecular weight excluding hydrogens is 248 g/mol. The van der Waals surface area contributed by atoms with Crippen molar-refractivity contribution in [1.82, 2.24) is 15.2 Å². The first-order valence-electron chi connectivity index (χ1n) is 7.64. The van der Waals surface area contributed by atoms with Gasteiger partial charge >= 0.3 is 0 Å². The molecule has 20 heavy (non-hydrogen) atoms. The second kappa shape index (κ2) is 6.55. The zero-order valence-corrected chi connectivity index (χ0v) is 13.3. The summed E-state index contributed by atoms with van der Waals surface area (Å²) in [5.41, 5.74) is 2.86. The maximum atomic E-state index is 4.29. The van der Waals surface area contributed by atoms with Crippen LogP contribution in [0.5, 0.6) is 0 Å². The van der Waals surface area contributed by atoms with Gasteiger partial charge in [0.2, 0.25) is 0 Å². The summed E-state index contributed by atoms with van der Waals surface area (Å²) in [5, 5.41) is 3.48. The van der Waals surface area contributed by atoms with Gasteiger partial charge in [-0.2, -0.15) is 0 Å². The molecule has 1 aromatic heterocycles. The molecule has 1 N–H and O–H groups in total. The molecule has 0 saturated carbocycles. The fraction of sp³-hybridized carbons (Fsp3) is 0.688. The Kier molecular flexibility index (Phi) is 5.00. The second-order valence-corrected chi connectivity index (χ2v) is 6.34. The predicted octanol–water partition coefficient (Wildman–Crippen LogP) is 2.11. The first-order valence-corrected chi connectivity index (χ1v) is 7.64.